The second-order valence-corrected chi connectivity index (χ2v) is 9.72. The Kier molecular flexibility index (Phi) is 4.92. The normalized spacial score (nSPS) is 16.6. The van der Waals surface area contributed by atoms with E-state index in [1.165, 1.54) is 14.3 Å². The Labute approximate surface area is 158 Å². The predicted octanol–water partition coefficient (Wildman–Crippen LogP) is 5.03. The molecular formula is C17H17ClN2OS3. The molecule has 3 aromatic rings. The summed E-state index contributed by atoms with van der Waals surface area (Å²) < 4.78 is 3.28. The summed E-state index contributed by atoms with van der Waals surface area (Å²) in [5.74, 6) is 0.185. The molecular weight excluding hydrogens is 380 g/mol. The third-order valence-corrected chi connectivity index (χ3v) is 7.53. The lowest BCUT2D eigenvalue weighted by Gasteiger charge is -2.21. The molecule has 0 radical (unpaired) electrons. The average Bonchev–Trinajstić information content (AvgIpc) is 3.21. The van der Waals surface area contributed by atoms with E-state index in [-0.39, 0.29) is 5.91 Å². The summed E-state index contributed by atoms with van der Waals surface area (Å²) in [6, 6.07) is 8.19. The minimum absolute atomic E-state index is 0.185. The first kappa shape index (κ1) is 16.5. The van der Waals surface area contributed by atoms with Crippen LogP contribution in [0.2, 0.25) is 4.34 Å². The lowest BCUT2D eigenvalue weighted by atomic mass is 10.3. The molecule has 0 unspecified atom stereocenters. The van der Waals surface area contributed by atoms with Gasteiger partial charge in [-0.15, -0.1) is 34.0 Å². The molecule has 0 saturated carbocycles. The number of nitrogens with zero attached hydrogens (tertiary/aromatic N) is 2. The van der Waals surface area contributed by atoms with Crippen LogP contribution in [-0.4, -0.2) is 41.9 Å². The molecule has 0 bridgehead atoms. The van der Waals surface area contributed by atoms with Gasteiger partial charge >= 0.3 is 0 Å². The lowest BCUT2D eigenvalue weighted by molar-refractivity contribution is 0.0766. The lowest BCUT2D eigenvalue weighted by Crippen LogP contribution is -2.34. The van der Waals surface area contributed by atoms with Crippen LogP contribution in [0.4, 0.5) is 0 Å². The minimum Gasteiger partial charge on any atom is -0.337 e. The Balaban J connectivity index is 1.40. The minimum atomic E-state index is 0.185. The van der Waals surface area contributed by atoms with Gasteiger partial charge in [0.15, 0.2) is 0 Å². The van der Waals surface area contributed by atoms with Crippen molar-refractivity contribution in [2.24, 2.45) is 0 Å². The van der Waals surface area contributed by atoms with Gasteiger partial charge in [0.2, 0.25) is 0 Å². The van der Waals surface area contributed by atoms with Crippen molar-refractivity contribution >= 4 is 60.9 Å². The van der Waals surface area contributed by atoms with Crippen molar-refractivity contribution in [1.29, 1.82) is 0 Å². The second-order valence-electron chi connectivity index (χ2n) is 5.89. The first-order valence-corrected chi connectivity index (χ1v) is 10.8. The van der Waals surface area contributed by atoms with E-state index in [9.17, 15) is 4.79 Å². The molecule has 3 aromatic heterocycles. The van der Waals surface area contributed by atoms with Crippen molar-refractivity contribution in [3.05, 3.63) is 43.7 Å². The van der Waals surface area contributed by atoms with Gasteiger partial charge in [-0.3, -0.25) is 9.69 Å². The molecule has 4 rings (SSSR count). The van der Waals surface area contributed by atoms with E-state index in [0.29, 0.717) is 0 Å². The van der Waals surface area contributed by atoms with Gasteiger partial charge in [0.05, 0.1) is 9.21 Å². The standard InChI is InChI=1S/C17H17ClN2OS3/c18-16-3-2-12(23-16)11-19-5-1-6-20(8-7-19)17(21)15-10-14-13(24-15)4-9-22-14/h2-4,9-10H,1,5-8,11H2. The molecule has 3 nitrogen and oxygen atoms in total. The fourth-order valence-corrected chi connectivity index (χ4v) is 6.22. The van der Waals surface area contributed by atoms with Crippen molar-refractivity contribution in [1.82, 2.24) is 9.80 Å². The third-order valence-electron chi connectivity index (χ3n) is 4.23. The van der Waals surface area contributed by atoms with Crippen LogP contribution >= 0.6 is 45.6 Å². The summed E-state index contributed by atoms with van der Waals surface area (Å²) in [5, 5.41) is 2.08. The topological polar surface area (TPSA) is 23.6 Å². The number of carbonyl (C=O) groups is 1. The highest BCUT2D eigenvalue weighted by Crippen LogP contribution is 2.31. The Morgan fingerprint density at radius 2 is 2.00 bits per heavy atom. The van der Waals surface area contributed by atoms with Crippen LogP contribution in [-0.2, 0) is 6.54 Å². The summed E-state index contributed by atoms with van der Waals surface area (Å²) in [6.45, 7) is 4.50. The van der Waals surface area contributed by atoms with E-state index in [2.05, 4.69) is 22.4 Å². The van der Waals surface area contributed by atoms with Crippen molar-refractivity contribution in [2.45, 2.75) is 13.0 Å². The molecule has 0 N–H and O–H groups in total. The van der Waals surface area contributed by atoms with Crippen LogP contribution in [0.15, 0.2) is 29.6 Å². The summed E-state index contributed by atoms with van der Waals surface area (Å²) in [4.78, 5) is 19.4. The van der Waals surface area contributed by atoms with Gasteiger partial charge in [-0.1, -0.05) is 11.6 Å². The van der Waals surface area contributed by atoms with E-state index in [0.717, 1.165) is 48.4 Å². The Morgan fingerprint density at radius 3 is 2.79 bits per heavy atom. The summed E-state index contributed by atoms with van der Waals surface area (Å²) in [7, 11) is 0. The second kappa shape index (κ2) is 7.14. The highest BCUT2D eigenvalue weighted by Gasteiger charge is 2.22. The molecule has 0 spiro atoms. The Morgan fingerprint density at radius 1 is 1.08 bits per heavy atom. The first-order valence-electron chi connectivity index (χ1n) is 7.92. The number of fused-ring (bicyclic) bond motifs is 1. The predicted molar refractivity (Wildman–Crippen MR) is 105 cm³/mol. The zero-order valence-corrected chi connectivity index (χ0v) is 16.2. The number of amides is 1. The van der Waals surface area contributed by atoms with Crippen molar-refractivity contribution in [3.63, 3.8) is 0 Å². The molecule has 0 atom stereocenters. The molecule has 1 fully saturated rings. The molecule has 1 aliphatic rings. The van der Waals surface area contributed by atoms with Crippen LogP contribution in [0, 0.1) is 0 Å². The maximum absolute atomic E-state index is 12.8. The summed E-state index contributed by atoms with van der Waals surface area (Å²) in [6.07, 6.45) is 1.02. The van der Waals surface area contributed by atoms with Crippen LogP contribution in [0.1, 0.15) is 21.0 Å². The maximum Gasteiger partial charge on any atom is 0.264 e. The largest absolute Gasteiger partial charge is 0.337 e. The molecule has 1 aliphatic heterocycles. The maximum atomic E-state index is 12.8. The van der Waals surface area contributed by atoms with Gasteiger partial charge in [0.25, 0.3) is 5.91 Å². The van der Waals surface area contributed by atoms with Gasteiger partial charge in [0.1, 0.15) is 0 Å². The molecule has 0 aromatic carbocycles. The number of rotatable bonds is 3. The fourth-order valence-electron chi connectivity index (χ4n) is 3.02. The monoisotopic (exact) mass is 396 g/mol. The van der Waals surface area contributed by atoms with Crippen molar-refractivity contribution < 1.29 is 4.79 Å². The van der Waals surface area contributed by atoms with E-state index in [1.54, 1.807) is 34.0 Å². The molecule has 24 heavy (non-hydrogen) atoms. The SMILES string of the molecule is O=C(c1cc2sccc2s1)N1CCCN(Cc2ccc(Cl)s2)CC1. The van der Waals surface area contributed by atoms with E-state index in [1.807, 2.05) is 17.0 Å². The highest BCUT2D eigenvalue weighted by atomic mass is 35.5. The number of hydrogen-bond donors (Lipinski definition) is 0. The quantitative estimate of drug-likeness (QED) is 0.620. The molecule has 126 valence electrons. The first-order chi connectivity index (χ1) is 11.7. The average molecular weight is 397 g/mol. The molecule has 7 heteroatoms. The number of thiophene rings is 3. The Hall–Kier alpha value is -0.920. The Bertz CT molecular complexity index is 824. The van der Waals surface area contributed by atoms with Crippen molar-refractivity contribution in [3.8, 4) is 0 Å². The zero-order valence-electron chi connectivity index (χ0n) is 13.0. The van der Waals surface area contributed by atoms with Crippen molar-refractivity contribution in [2.75, 3.05) is 26.2 Å². The molecule has 4 heterocycles. The number of halogens is 1. The molecule has 1 saturated heterocycles. The molecule has 0 aliphatic carbocycles. The van der Waals surface area contributed by atoms with E-state index < -0.39 is 0 Å². The van der Waals surface area contributed by atoms with Gasteiger partial charge in [-0.05, 0) is 36.1 Å². The van der Waals surface area contributed by atoms with Gasteiger partial charge in [-0.25, -0.2) is 0 Å². The molecule has 1 amide bonds. The summed E-state index contributed by atoms with van der Waals surface area (Å²) >= 11 is 11.0. The van der Waals surface area contributed by atoms with E-state index in [4.69, 9.17) is 11.6 Å². The van der Waals surface area contributed by atoms with Crippen LogP contribution in [0.5, 0.6) is 0 Å². The van der Waals surface area contributed by atoms with Crippen LogP contribution < -0.4 is 0 Å². The zero-order chi connectivity index (χ0) is 16.5. The smallest absolute Gasteiger partial charge is 0.264 e. The third kappa shape index (κ3) is 3.53. The van der Waals surface area contributed by atoms with E-state index >= 15 is 0 Å². The fraction of sp³-hybridized carbons (Fsp3) is 0.353. The summed E-state index contributed by atoms with van der Waals surface area (Å²) in [5.41, 5.74) is 0. The van der Waals surface area contributed by atoms with Crippen LogP contribution in [0.3, 0.4) is 0 Å². The van der Waals surface area contributed by atoms with Crippen LogP contribution in [0.25, 0.3) is 9.40 Å². The van der Waals surface area contributed by atoms with Gasteiger partial charge < -0.3 is 4.90 Å². The number of hydrogen-bond acceptors (Lipinski definition) is 5. The highest BCUT2D eigenvalue weighted by molar-refractivity contribution is 7.27. The van der Waals surface area contributed by atoms with Gasteiger partial charge in [-0.2, -0.15) is 0 Å². The van der Waals surface area contributed by atoms with Gasteiger partial charge in [0, 0.05) is 47.0 Å². The number of carbonyl (C=O) groups excluding carboxylic acids is 1.